The molecule has 0 fully saturated rings. The highest BCUT2D eigenvalue weighted by molar-refractivity contribution is 7.99. The molecule has 144 valence electrons. The van der Waals surface area contributed by atoms with E-state index in [0.717, 1.165) is 11.1 Å². The van der Waals surface area contributed by atoms with E-state index in [1.807, 2.05) is 36.4 Å². The molecule has 2 aromatic carbocycles. The average Bonchev–Trinajstić information content (AvgIpc) is 3.24. The van der Waals surface area contributed by atoms with Crippen molar-refractivity contribution in [2.45, 2.75) is 5.22 Å². The highest BCUT2D eigenvalue weighted by atomic mass is 32.2. The zero-order chi connectivity index (χ0) is 20.5. The number of rotatable bonds is 8. The number of benzene rings is 2. The number of thioether (sulfide) groups is 1. The Morgan fingerprint density at radius 1 is 1.10 bits per heavy atom. The van der Waals surface area contributed by atoms with Gasteiger partial charge in [0.1, 0.15) is 29.2 Å². The predicted octanol–water partition coefficient (Wildman–Crippen LogP) is 4.35. The first kappa shape index (κ1) is 20.0. The predicted molar refractivity (Wildman–Crippen MR) is 108 cm³/mol. The van der Waals surface area contributed by atoms with Crippen LogP contribution in [0.25, 0.3) is 17.5 Å². The van der Waals surface area contributed by atoms with E-state index < -0.39 is 0 Å². The molecule has 8 heteroatoms. The second-order valence-electron chi connectivity index (χ2n) is 5.62. The van der Waals surface area contributed by atoms with Crippen LogP contribution in [0, 0.1) is 22.7 Å². The lowest BCUT2D eigenvalue weighted by atomic mass is 10.1. The van der Waals surface area contributed by atoms with Gasteiger partial charge in [-0.15, -0.1) is 10.2 Å². The number of hydrogen-bond acceptors (Lipinski definition) is 8. The van der Waals surface area contributed by atoms with Crippen LogP contribution in [0.2, 0.25) is 0 Å². The van der Waals surface area contributed by atoms with E-state index in [2.05, 4.69) is 10.2 Å². The molecule has 0 unspecified atom stereocenters. The van der Waals surface area contributed by atoms with Crippen LogP contribution in [0.1, 0.15) is 5.56 Å². The Morgan fingerprint density at radius 3 is 2.59 bits per heavy atom. The Labute approximate surface area is 172 Å². The molecule has 1 heterocycles. The van der Waals surface area contributed by atoms with E-state index in [9.17, 15) is 0 Å². The van der Waals surface area contributed by atoms with Crippen molar-refractivity contribution in [2.75, 3.05) is 19.5 Å². The second kappa shape index (κ2) is 9.98. The van der Waals surface area contributed by atoms with Crippen LogP contribution in [-0.2, 0) is 0 Å². The van der Waals surface area contributed by atoms with E-state index in [4.69, 9.17) is 24.4 Å². The van der Waals surface area contributed by atoms with Crippen LogP contribution in [0.15, 0.2) is 63.7 Å². The number of aromatic nitrogens is 2. The lowest BCUT2D eigenvalue weighted by Gasteiger charge is -2.05. The Bertz CT molecular complexity index is 1060. The fourth-order valence-electron chi connectivity index (χ4n) is 2.40. The third-order valence-electron chi connectivity index (χ3n) is 3.75. The van der Waals surface area contributed by atoms with Crippen molar-refractivity contribution in [3.63, 3.8) is 0 Å². The minimum Gasteiger partial charge on any atom is -0.496 e. The summed E-state index contributed by atoms with van der Waals surface area (Å²) in [4.78, 5) is 0. The van der Waals surface area contributed by atoms with Crippen LogP contribution in [-0.4, -0.2) is 29.7 Å². The Morgan fingerprint density at radius 2 is 1.86 bits per heavy atom. The quantitative estimate of drug-likeness (QED) is 0.310. The van der Waals surface area contributed by atoms with Crippen molar-refractivity contribution >= 4 is 17.8 Å². The molecule has 0 radical (unpaired) electrons. The van der Waals surface area contributed by atoms with E-state index in [1.54, 1.807) is 31.4 Å². The van der Waals surface area contributed by atoms with Crippen LogP contribution in [0.3, 0.4) is 0 Å². The zero-order valence-electron chi connectivity index (χ0n) is 15.5. The molecule has 0 aliphatic carbocycles. The maximum atomic E-state index is 8.78. The highest BCUT2D eigenvalue weighted by Gasteiger charge is 2.13. The molecule has 0 aliphatic heterocycles. The summed E-state index contributed by atoms with van der Waals surface area (Å²) >= 11 is 1.40. The summed E-state index contributed by atoms with van der Waals surface area (Å²) in [7, 11) is 1.59. The SMILES string of the molecule is COc1ccccc1-c1nnc(SCCOc2ccc(C=C(C#N)C#N)cc2)o1. The molecule has 0 saturated carbocycles. The van der Waals surface area contributed by atoms with E-state index in [1.165, 1.54) is 17.8 Å². The summed E-state index contributed by atoms with van der Waals surface area (Å²) in [6, 6.07) is 18.3. The Hall–Kier alpha value is -3.75. The fourth-order valence-corrected chi connectivity index (χ4v) is 2.98. The highest BCUT2D eigenvalue weighted by Crippen LogP contribution is 2.30. The molecule has 1 aromatic heterocycles. The van der Waals surface area contributed by atoms with E-state index in [-0.39, 0.29) is 5.57 Å². The molecule has 0 atom stereocenters. The summed E-state index contributed by atoms with van der Waals surface area (Å²) in [5.41, 5.74) is 1.57. The van der Waals surface area contributed by atoms with Crippen LogP contribution < -0.4 is 9.47 Å². The minimum atomic E-state index is 0.0575. The molecule has 0 bridgehead atoms. The third-order valence-corrected chi connectivity index (χ3v) is 4.54. The van der Waals surface area contributed by atoms with Gasteiger partial charge in [0.05, 0.1) is 19.3 Å². The van der Waals surface area contributed by atoms with Crippen molar-refractivity contribution < 1.29 is 13.9 Å². The molecular weight excluding hydrogens is 388 g/mol. The fraction of sp³-hybridized carbons (Fsp3) is 0.143. The number of hydrogen-bond donors (Lipinski definition) is 0. The van der Waals surface area contributed by atoms with Crippen molar-refractivity contribution in [1.82, 2.24) is 10.2 Å². The normalized spacial score (nSPS) is 9.90. The summed E-state index contributed by atoms with van der Waals surface area (Å²) in [6.45, 7) is 0.452. The average molecular weight is 404 g/mol. The monoisotopic (exact) mass is 404 g/mol. The zero-order valence-corrected chi connectivity index (χ0v) is 16.3. The number of ether oxygens (including phenoxy) is 2. The van der Waals surface area contributed by atoms with Gasteiger partial charge in [-0.2, -0.15) is 10.5 Å². The molecule has 0 amide bonds. The van der Waals surface area contributed by atoms with Gasteiger partial charge in [-0.1, -0.05) is 36.0 Å². The maximum absolute atomic E-state index is 8.78. The molecule has 7 nitrogen and oxygen atoms in total. The molecular formula is C21H16N4O3S. The van der Waals surface area contributed by atoms with Gasteiger partial charge in [-0.3, -0.25) is 0 Å². The van der Waals surface area contributed by atoms with Gasteiger partial charge in [0, 0.05) is 5.75 Å². The number of methoxy groups -OCH3 is 1. The first-order valence-corrected chi connectivity index (χ1v) is 9.56. The van der Waals surface area contributed by atoms with Crippen LogP contribution in [0.4, 0.5) is 0 Å². The Balaban J connectivity index is 1.50. The molecule has 0 saturated heterocycles. The number of nitriles is 2. The van der Waals surface area contributed by atoms with Crippen LogP contribution >= 0.6 is 11.8 Å². The molecule has 0 spiro atoms. The summed E-state index contributed by atoms with van der Waals surface area (Å²) < 4.78 is 16.7. The van der Waals surface area contributed by atoms with Gasteiger partial charge in [-0.25, -0.2) is 0 Å². The summed E-state index contributed by atoms with van der Waals surface area (Å²) in [6.07, 6.45) is 1.52. The molecule has 29 heavy (non-hydrogen) atoms. The van der Waals surface area contributed by atoms with Crippen molar-refractivity contribution in [3.05, 3.63) is 59.7 Å². The van der Waals surface area contributed by atoms with Gasteiger partial charge in [0.15, 0.2) is 0 Å². The molecule has 3 aromatic rings. The van der Waals surface area contributed by atoms with Crippen LogP contribution in [0.5, 0.6) is 11.5 Å². The third kappa shape index (κ3) is 5.38. The first-order chi connectivity index (χ1) is 14.2. The molecule has 3 rings (SSSR count). The molecule has 0 aliphatic rings. The first-order valence-electron chi connectivity index (χ1n) is 8.58. The van der Waals surface area contributed by atoms with Crippen molar-refractivity contribution in [1.29, 1.82) is 10.5 Å². The smallest absolute Gasteiger partial charge is 0.276 e. The lowest BCUT2D eigenvalue weighted by Crippen LogP contribution is -1.99. The standard InChI is InChI=1S/C21H16N4O3S/c1-26-19-5-3-2-4-18(19)20-24-25-21(28-20)29-11-10-27-17-8-6-15(7-9-17)12-16(13-22)14-23/h2-9,12H,10-11H2,1H3. The van der Waals surface area contributed by atoms with Gasteiger partial charge in [0.2, 0.25) is 0 Å². The van der Waals surface area contributed by atoms with E-state index in [0.29, 0.717) is 35.0 Å². The largest absolute Gasteiger partial charge is 0.496 e. The molecule has 0 N–H and O–H groups in total. The number of allylic oxidation sites excluding steroid dienone is 1. The summed E-state index contributed by atoms with van der Waals surface area (Å²) in [5.74, 6) is 2.40. The second-order valence-corrected chi connectivity index (χ2v) is 6.67. The number of nitrogens with zero attached hydrogens (tertiary/aromatic N) is 4. The van der Waals surface area contributed by atoms with E-state index >= 15 is 0 Å². The van der Waals surface area contributed by atoms with Gasteiger partial charge in [0.25, 0.3) is 11.1 Å². The number of para-hydroxylation sites is 1. The van der Waals surface area contributed by atoms with Gasteiger partial charge in [-0.05, 0) is 35.9 Å². The van der Waals surface area contributed by atoms with Gasteiger partial charge >= 0.3 is 0 Å². The lowest BCUT2D eigenvalue weighted by molar-refractivity contribution is 0.343. The van der Waals surface area contributed by atoms with Gasteiger partial charge < -0.3 is 13.9 Å². The topological polar surface area (TPSA) is 105 Å². The maximum Gasteiger partial charge on any atom is 0.276 e. The van der Waals surface area contributed by atoms with Crippen molar-refractivity contribution in [2.24, 2.45) is 0 Å². The summed E-state index contributed by atoms with van der Waals surface area (Å²) in [5, 5.41) is 26.1. The minimum absolute atomic E-state index is 0.0575. The Kier molecular flexibility index (Phi) is 6.88. The van der Waals surface area contributed by atoms with Crippen molar-refractivity contribution in [3.8, 4) is 35.1 Å².